The van der Waals surface area contributed by atoms with Gasteiger partial charge in [-0.2, -0.15) is 4.79 Å². The van der Waals surface area contributed by atoms with E-state index < -0.39 is 17.2 Å². The second-order valence-corrected chi connectivity index (χ2v) is 11.2. The van der Waals surface area contributed by atoms with Crippen molar-refractivity contribution in [1.29, 1.82) is 0 Å². The Balaban J connectivity index is 1.21. The molecule has 1 saturated heterocycles. The predicted octanol–water partition coefficient (Wildman–Crippen LogP) is 4.38. The van der Waals surface area contributed by atoms with Crippen molar-refractivity contribution in [3.05, 3.63) is 73.7 Å². The average Bonchev–Trinajstić information content (AvgIpc) is 3.74. The van der Waals surface area contributed by atoms with E-state index in [4.69, 9.17) is 17.0 Å². The van der Waals surface area contributed by atoms with Gasteiger partial charge in [0, 0.05) is 36.9 Å². The molecule has 13 heteroatoms. The fourth-order valence-electron chi connectivity index (χ4n) is 4.85. The summed E-state index contributed by atoms with van der Waals surface area (Å²) in [5.74, 6) is -1.09. The van der Waals surface area contributed by atoms with Gasteiger partial charge in [-0.15, -0.1) is 5.10 Å². The Morgan fingerprint density at radius 1 is 1.20 bits per heavy atom. The van der Waals surface area contributed by atoms with Crippen molar-refractivity contribution in [2.24, 2.45) is 4.99 Å². The molecule has 40 heavy (non-hydrogen) atoms. The molecule has 1 N–H and O–H groups in total. The average molecular weight is 581 g/mol. The number of nitrogens with zero attached hydrogens (tertiary/aromatic N) is 6. The molecule has 3 heterocycles. The zero-order chi connectivity index (χ0) is 28.0. The smallest absolute Gasteiger partial charge is 0.341 e. The number of piperazine rings is 1. The molecule has 1 aliphatic heterocycles. The topological polar surface area (TPSA) is 105 Å². The van der Waals surface area contributed by atoms with Crippen LogP contribution in [0.4, 0.5) is 15.2 Å². The van der Waals surface area contributed by atoms with E-state index in [-0.39, 0.29) is 17.0 Å². The number of rotatable bonds is 7. The molecule has 2 aromatic heterocycles. The molecule has 0 bridgehead atoms. The minimum absolute atomic E-state index is 0.0863. The lowest BCUT2D eigenvalue weighted by molar-refractivity contribution is 0.0695. The Morgan fingerprint density at radius 2 is 1.93 bits per heavy atom. The predicted molar refractivity (Wildman–Crippen MR) is 155 cm³/mol. The van der Waals surface area contributed by atoms with E-state index in [9.17, 15) is 14.7 Å². The number of aliphatic imine (C=N–C) groups is 1. The van der Waals surface area contributed by atoms with Gasteiger partial charge in [0.1, 0.15) is 17.1 Å². The quantitative estimate of drug-likeness (QED) is 0.254. The van der Waals surface area contributed by atoms with E-state index in [1.807, 2.05) is 38.7 Å². The summed E-state index contributed by atoms with van der Waals surface area (Å²) in [6.45, 7) is 2.11. The Morgan fingerprint density at radius 3 is 2.58 bits per heavy atom. The van der Waals surface area contributed by atoms with Crippen LogP contribution in [-0.2, 0) is 0 Å². The fourth-order valence-corrected chi connectivity index (χ4v) is 5.84. The maximum absolute atomic E-state index is 15.3. The van der Waals surface area contributed by atoms with Gasteiger partial charge >= 0.3 is 5.97 Å². The summed E-state index contributed by atoms with van der Waals surface area (Å²) in [5.41, 5.74) is 0.838. The van der Waals surface area contributed by atoms with Gasteiger partial charge in [0.2, 0.25) is 14.5 Å². The molecule has 0 spiro atoms. The highest BCUT2D eigenvalue weighted by atomic mass is 32.1. The Kier molecular flexibility index (Phi) is 6.84. The number of aromatic carboxylic acids is 1. The van der Waals surface area contributed by atoms with Gasteiger partial charge in [-0.05, 0) is 67.0 Å². The molecule has 4 aromatic rings. The van der Waals surface area contributed by atoms with Gasteiger partial charge in [0.15, 0.2) is 0 Å². The van der Waals surface area contributed by atoms with Crippen molar-refractivity contribution in [3.8, 4) is 5.75 Å². The van der Waals surface area contributed by atoms with Crippen LogP contribution < -0.4 is 20.1 Å². The van der Waals surface area contributed by atoms with Gasteiger partial charge in [-0.3, -0.25) is 9.80 Å². The van der Waals surface area contributed by atoms with Crippen LogP contribution >= 0.6 is 23.6 Å². The summed E-state index contributed by atoms with van der Waals surface area (Å²) in [6.07, 6.45) is 4.90. The Bertz CT molecular complexity index is 1750. The molecule has 0 atom stereocenters. The number of carboxylic acid groups (broad SMARTS) is 1. The van der Waals surface area contributed by atoms with Crippen LogP contribution in [0.2, 0.25) is 0 Å². The molecule has 6 rings (SSSR count). The molecule has 1 aliphatic carbocycles. The molecule has 0 amide bonds. The Hall–Kier alpha value is -4.10. The first-order chi connectivity index (χ1) is 19.3. The first-order valence-electron chi connectivity index (χ1n) is 12.7. The third-order valence-corrected chi connectivity index (χ3v) is 8.22. The summed E-state index contributed by atoms with van der Waals surface area (Å²) in [6, 6.07) is 10.5. The molecule has 2 fully saturated rings. The lowest BCUT2D eigenvalue weighted by Crippen LogP contribution is -2.51. The highest BCUT2D eigenvalue weighted by Crippen LogP contribution is 2.38. The van der Waals surface area contributed by atoms with Crippen LogP contribution in [0.1, 0.15) is 34.8 Å². The van der Waals surface area contributed by atoms with Crippen molar-refractivity contribution < 1.29 is 19.0 Å². The van der Waals surface area contributed by atoms with E-state index in [0.717, 1.165) is 24.2 Å². The van der Waals surface area contributed by atoms with E-state index in [1.54, 1.807) is 24.2 Å². The van der Waals surface area contributed by atoms with Crippen molar-refractivity contribution in [1.82, 2.24) is 14.5 Å². The molecular weight excluding hydrogens is 555 g/mol. The Labute approximate surface area is 237 Å². The first-order valence-corrected chi connectivity index (χ1v) is 13.9. The summed E-state index contributed by atoms with van der Waals surface area (Å²) in [5, 5.41) is 16.7. The number of carboxylic acids is 1. The third kappa shape index (κ3) is 4.97. The zero-order valence-corrected chi connectivity index (χ0v) is 23.1. The first kappa shape index (κ1) is 26.1. The third-order valence-electron chi connectivity index (χ3n) is 7.10. The second-order valence-electron chi connectivity index (χ2n) is 9.65. The maximum Gasteiger partial charge on any atom is 0.341 e. The summed E-state index contributed by atoms with van der Waals surface area (Å²) >= 11 is 6.84. The molecule has 2 aromatic carbocycles. The van der Waals surface area contributed by atoms with E-state index in [2.05, 4.69) is 10.1 Å². The summed E-state index contributed by atoms with van der Waals surface area (Å²) < 4.78 is 22.9. The SMILES string of the molecule is COc1ccc(C=Nc2nn(N3CCN(c4cc5c(cc4F)c(=O)c(C(=O)O)cn5C4CC4)CC3)c(=S)s2)cc1. The number of hydrogen-bond acceptors (Lipinski definition) is 9. The molecular formula is C27H25FN6O4S2. The van der Waals surface area contributed by atoms with E-state index >= 15 is 4.39 Å². The number of carbonyl (C=O) groups is 1. The van der Waals surface area contributed by atoms with Crippen molar-refractivity contribution in [3.63, 3.8) is 0 Å². The number of pyridine rings is 1. The van der Waals surface area contributed by atoms with Crippen LogP contribution in [0.3, 0.4) is 0 Å². The van der Waals surface area contributed by atoms with Crippen molar-refractivity contribution >= 4 is 57.5 Å². The van der Waals surface area contributed by atoms with E-state index in [1.165, 1.54) is 23.6 Å². The van der Waals surface area contributed by atoms with Crippen LogP contribution in [0.5, 0.6) is 5.75 Å². The van der Waals surface area contributed by atoms with Gasteiger partial charge in [0.05, 0.1) is 31.4 Å². The van der Waals surface area contributed by atoms with Gasteiger partial charge in [-0.25, -0.2) is 14.2 Å². The van der Waals surface area contributed by atoms with Crippen LogP contribution in [0.25, 0.3) is 10.9 Å². The van der Waals surface area contributed by atoms with Crippen LogP contribution in [0.15, 0.2) is 52.4 Å². The molecule has 0 radical (unpaired) electrons. The standard InChI is InChI=1S/C27H25FN6O4S2/c1-38-18-6-2-16(3-7-18)14-29-26-30-34(27(39)40-26)32-10-8-31(9-11-32)23-13-22-19(12-21(23)28)24(35)20(25(36)37)15-33(22)17-4-5-17/h2-3,6-7,12-15,17H,4-5,8-11H2,1H3,(H,36,37). The number of aromatic nitrogens is 3. The van der Waals surface area contributed by atoms with Gasteiger partial charge in [-0.1, -0.05) is 11.3 Å². The fraction of sp³-hybridized carbons (Fsp3) is 0.296. The summed E-state index contributed by atoms with van der Waals surface area (Å²) in [7, 11) is 1.62. The minimum atomic E-state index is -1.31. The largest absolute Gasteiger partial charge is 0.497 e. The number of ether oxygens (including phenoxy) is 1. The molecule has 0 unspecified atom stereocenters. The number of anilines is 1. The number of hydrogen-bond donors (Lipinski definition) is 1. The van der Waals surface area contributed by atoms with Gasteiger partial charge < -0.3 is 19.3 Å². The normalized spacial score (nSPS) is 15.8. The summed E-state index contributed by atoms with van der Waals surface area (Å²) in [4.78, 5) is 32.5. The highest BCUT2D eigenvalue weighted by molar-refractivity contribution is 7.73. The second kappa shape index (κ2) is 10.5. The van der Waals surface area contributed by atoms with Crippen molar-refractivity contribution in [2.45, 2.75) is 18.9 Å². The minimum Gasteiger partial charge on any atom is -0.497 e. The van der Waals surface area contributed by atoms with Crippen molar-refractivity contribution in [2.75, 3.05) is 43.2 Å². The monoisotopic (exact) mass is 580 g/mol. The molecule has 1 saturated carbocycles. The number of fused-ring (bicyclic) bond motifs is 1. The lowest BCUT2D eigenvalue weighted by atomic mass is 10.1. The zero-order valence-electron chi connectivity index (χ0n) is 21.5. The van der Waals surface area contributed by atoms with Gasteiger partial charge in [0.25, 0.3) is 0 Å². The molecule has 10 nitrogen and oxygen atoms in total. The van der Waals surface area contributed by atoms with Crippen LogP contribution in [-0.4, -0.2) is 65.0 Å². The number of benzene rings is 2. The number of methoxy groups -OCH3 is 1. The molecule has 2 aliphatic rings. The van der Waals surface area contributed by atoms with E-state index in [0.29, 0.717) is 46.5 Å². The van der Waals surface area contributed by atoms with Crippen LogP contribution in [0, 0.1) is 9.77 Å². The molecule has 206 valence electrons. The lowest BCUT2D eigenvalue weighted by Gasteiger charge is -2.36. The maximum atomic E-state index is 15.3. The number of halogens is 1. The highest BCUT2D eigenvalue weighted by Gasteiger charge is 2.29.